The summed E-state index contributed by atoms with van der Waals surface area (Å²) < 4.78 is 5.49. The number of pyridine rings is 1. The van der Waals surface area contributed by atoms with Gasteiger partial charge in [0.05, 0.1) is 11.7 Å². The molecular weight excluding hydrogens is 418 g/mol. The molecule has 3 heterocycles. The van der Waals surface area contributed by atoms with Crippen LogP contribution < -0.4 is 10.9 Å². The molecule has 1 aromatic heterocycles. The Morgan fingerprint density at radius 2 is 1.97 bits per heavy atom. The van der Waals surface area contributed by atoms with Crippen LogP contribution in [-0.4, -0.2) is 53.2 Å². The zero-order valence-electron chi connectivity index (χ0n) is 17.4. The Kier molecular flexibility index (Phi) is 6.77. The van der Waals surface area contributed by atoms with Gasteiger partial charge in [0.25, 0.3) is 11.5 Å². The predicted octanol–water partition coefficient (Wildman–Crippen LogP) is 2.42. The van der Waals surface area contributed by atoms with Gasteiger partial charge in [-0.2, -0.15) is 0 Å². The van der Waals surface area contributed by atoms with E-state index >= 15 is 0 Å². The van der Waals surface area contributed by atoms with Gasteiger partial charge in [-0.25, -0.2) is 0 Å². The van der Waals surface area contributed by atoms with E-state index in [1.54, 1.807) is 24.3 Å². The van der Waals surface area contributed by atoms with Crippen molar-refractivity contribution in [3.8, 4) is 0 Å². The summed E-state index contributed by atoms with van der Waals surface area (Å²) in [7, 11) is 0. The van der Waals surface area contributed by atoms with E-state index in [2.05, 4.69) is 15.2 Å². The van der Waals surface area contributed by atoms with E-state index in [1.165, 1.54) is 0 Å². The summed E-state index contributed by atoms with van der Waals surface area (Å²) in [5.74, 6) is -0.380. The van der Waals surface area contributed by atoms with Gasteiger partial charge in [-0.3, -0.25) is 14.5 Å². The lowest BCUT2D eigenvalue weighted by molar-refractivity contribution is -0.0279. The molecule has 2 fully saturated rings. The molecule has 1 amide bonds. The fourth-order valence-electron chi connectivity index (χ4n) is 4.26. The molecule has 1 aromatic carbocycles. The molecule has 7 nitrogen and oxygen atoms in total. The minimum absolute atomic E-state index is 0.0351. The van der Waals surface area contributed by atoms with Crippen molar-refractivity contribution < 1.29 is 14.6 Å². The van der Waals surface area contributed by atoms with E-state index in [9.17, 15) is 14.7 Å². The maximum absolute atomic E-state index is 12.4. The van der Waals surface area contributed by atoms with Crippen molar-refractivity contribution in [2.45, 2.75) is 43.9 Å². The van der Waals surface area contributed by atoms with Crippen molar-refractivity contribution >= 4 is 17.5 Å². The summed E-state index contributed by atoms with van der Waals surface area (Å²) in [5.41, 5.74) is 0.481. The van der Waals surface area contributed by atoms with E-state index in [-0.39, 0.29) is 17.6 Å². The molecule has 0 aliphatic carbocycles. The van der Waals surface area contributed by atoms with Crippen molar-refractivity contribution in [3.05, 3.63) is 68.6 Å². The van der Waals surface area contributed by atoms with Crippen LogP contribution in [0.3, 0.4) is 0 Å². The lowest BCUT2D eigenvalue weighted by atomic mass is 9.84. The average molecular weight is 446 g/mol. The first-order valence-electron chi connectivity index (χ1n) is 10.8. The number of aliphatic hydroxyl groups is 1. The maximum atomic E-state index is 12.4. The monoisotopic (exact) mass is 445 g/mol. The van der Waals surface area contributed by atoms with Gasteiger partial charge in [0.15, 0.2) is 0 Å². The van der Waals surface area contributed by atoms with Gasteiger partial charge in [0.1, 0.15) is 5.56 Å². The molecule has 8 heteroatoms. The van der Waals surface area contributed by atoms with Crippen LogP contribution in [0.1, 0.15) is 47.3 Å². The highest BCUT2D eigenvalue weighted by Crippen LogP contribution is 2.33. The highest BCUT2D eigenvalue weighted by molar-refractivity contribution is 6.30. The molecule has 2 aliphatic heterocycles. The Hall–Kier alpha value is -2.19. The fourth-order valence-corrected chi connectivity index (χ4v) is 4.39. The number of aromatic amines is 1. The first kappa shape index (κ1) is 22.0. The minimum atomic E-state index is -0.862. The number of nitrogens with zero attached hydrogens (tertiary/aromatic N) is 1. The van der Waals surface area contributed by atoms with Gasteiger partial charge in [-0.05, 0) is 55.5 Å². The Morgan fingerprint density at radius 1 is 1.23 bits per heavy atom. The minimum Gasteiger partial charge on any atom is -0.385 e. The summed E-state index contributed by atoms with van der Waals surface area (Å²) in [6.45, 7) is 3.10. The second kappa shape index (κ2) is 9.53. The molecule has 2 aromatic rings. The molecule has 2 saturated heterocycles. The Balaban J connectivity index is 1.31. The standard InChI is InChI=1S/C23H28ClN3O4/c24-17-5-3-16(4-6-17)23(30)9-11-27(12-10-23)15-18-7-8-20(22(29)26-18)21(28)25-14-19-2-1-13-31-19/h3-8,19,30H,1-2,9-15H2,(H,25,28)(H,26,29). The molecule has 31 heavy (non-hydrogen) atoms. The van der Waals surface area contributed by atoms with Crippen LogP contribution in [0.5, 0.6) is 0 Å². The number of carbonyl (C=O) groups excluding carboxylic acids is 1. The van der Waals surface area contributed by atoms with Crippen LogP contribution in [0.4, 0.5) is 0 Å². The maximum Gasteiger partial charge on any atom is 0.261 e. The molecule has 2 aliphatic rings. The fraction of sp³-hybridized carbons (Fsp3) is 0.478. The third-order valence-electron chi connectivity index (χ3n) is 6.19. The summed E-state index contributed by atoms with van der Waals surface area (Å²) in [6, 6.07) is 10.7. The highest BCUT2D eigenvalue weighted by atomic mass is 35.5. The number of benzene rings is 1. The van der Waals surface area contributed by atoms with Crippen LogP contribution in [0.2, 0.25) is 5.02 Å². The van der Waals surface area contributed by atoms with Crippen molar-refractivity contribution in [2.75, 3.05) is 26.2 Å². The third kappa shape index (κ3) is 5.36. The molecule has 3 N–H and O–H groups in total. The number of halogens is 1. The molecule has 166 valence electrons. The van der Waals surface area contributed by atoms with Crippen LogP contribution in [0.15, 0.2) is 41.2 Å². The molecule has 0 radical (unpaired) electrons. The number of amides is 1. The number of carbonyl (C=O) groups is 1. The van der Waals surface area contributed by atoms with Crippen molar-refractivity contribution in [3.63, 3.8) is 0 Å². The Labute approximate surface area is 186 Å². The van der Waals surface area contributed by atoms with Gasteiger partial charge >= 0.3 is 0 Å². The molecular formula is C23H28ClN3O4. The number of hydrogen-bond donors (Lipinski definition) is 3. The van der Waals surface area contributed by atoms with Gasteiger partial charge in [0.2, 0.25) is 0 Å². The van der Waals surface area contributed by atoms with Crippen molar-refractivity contribution in [1.82, 2.24) is 15.2 Å². The van der Waals surface area contributed by atoms with E-state index in [0.29, 0.717) is 44.0 Å². The first-order valence-corrected chi connectivity index (χ1v) is 11.1. The third-order valence-corrected chi connectivity index (χ3v) is 6.44. The lowest BCUT2D eigenvalue weighted by Gasteiger charge is -2.38. The molecule has 1 unspecified atom stereocenters. The zero-order valence-corrected chi connectivity index (χ0v) is 18.2. The van der Waals surface area contributed by atoms with Crippen LogP contribution in [0.25, 0.3) is 0 Å². The Morgan fingerprint density at radius 3 is 2.61 bits per heavy atom. The van der Waals surface area contributed by atoms with Gasteiger partial charge in [-0.15, -0.1) is 0 Å². The smallest absolute Gasteiger partial charge is 0.261 e. The Bertz CT molecular complexity index is 962. The van der Waals surface area contributed by atoms with Crippen molar-refractivity contribution in [1.29, 1.82) is 0 Å². The van der Waals surface area contributed by atoms with E-state index in [0.717, 1.165) is 30.7 Å². The molecule has 0 bridgehead atoms. The number of ether oxygens (including phenoxy) is 1. The number of piperidine rings is 1. The second-order valence-corrected chi connectivity index (χ2v) is 8.82. The molecule has 0 saturated carbocycles. The number of H-pyrrole nitrogens is 1. The highest BCUT2D eigenvalue weighted by Gasteiger charge is 2.34. The predicted molar refractivity (Wildman–Crippen MR) is 118 cm³/mol. The quantitative estimate of drug-likeness (QED) is 0.634. The van der Waals surface area contributed by atoms with Crippen LogP contribution in [0, 0.1) is 0 Å². The summed E-state index contributed by atoms with van der Waals surface area (Å²) in [6.07, 6.45) is 3.17. The van der Waals surface area contributed by atoms with E-state index in [1.807, 2.05) is 12.1 Å². The summed E-state index contributed by atoms with van der Waals surface area (Å²) >= 11 is 5.95. The number of rotatable bonds is 6. The van der Waals surface area contributed by atoms with Gasteiger partial charge < -0.3 is 20.1 Å². The van der Waals surface area contributed by atoms with E-state index < -0.39 is 11.2 Å². The SMILES string of the molecule is O=C(NCC1CCCO1)c1ccc(CN2CCC(O)(c3ccc(Cl)cc3)CC2)[nH]c1=O. The zero-order chi connectivity index (χ0) is 21.8. The average Bonchev–Trinajstić information content (AvgIpc) is 3.28. The molecule has 1 atom stereocenters. The molecule has 0 spiro atoms. The normalized spacial score (nSPS) is 21.2. The number of aromatic nitrogens is 1. The van der Waals surface area contributed by atoms with Crippen molar-refractivity contribution in [2.24, 2.45) is 0 Å². The lowest BCUT2D eigenvalue weighted by Crippen LogP contribution is -2.42. The summed E-state index contributed by atoms with van der Waals surface area (Å²) in [5, 5.41) is 14.4. The van der Waals surface area contributed by atoms with Gasteiger partial charge in [-0.1, -0.05) is 23.7 Å². The van der Waals surface area contributed by atoms with Gasteiger partial charge in [0, 0.05) is 43.5 Å². The second-order valence-electron chi connectivity index (χ2n) is 8.39. The molecule has 4 rings (SSSR count). The van der Waals surface area contributed by atoms with E-state index in [4.69, 9.17) is 16.3 Å². The van der Waals surface area contributed by atoms with Crippen LogP contribution >= 0.6 is 11.6 Å². The number of likely N-dealkylation sites (tertiary alicyclic amines) is 1. The number of hydrogen-bond acceptors (Lipinski definition) is 5. The topological polar surface area (TPSA) is 94.7 Å². The van der Waals surface area contributed by atoms with Crippen LogP contribution in [-0.2, 0) is 16.9 Å². The number of nitrogens with one attached hydrogen (secondary N) is 2. The summed E-state index contributed by atoms with van der Waals surface area (Å²) in [4.78, 5) is 29.7. The largest absolute Gasteiger partial charge is 0.385 e. The first-order chi connectivity index (χ1) is 14.9.